The standard InChI is InChI=1S/C18H28BrNO/c1-3-4-5-6-7-8-9-10-15-20(2)18(21)16-11-13-17(19)14-12-16/h11-14H,3-10,15H2,1-2H3. The molecule has 0 heterocycles. The second kappa shape index (κ2) is 10.8. The number of halogens is 1. The van der Waals surface area contributed by atoms with E-state index in [1.807, 2.05) is 36.2 Å². The maximum absolute atomic E-state index is 12.2. The number of carbonyl (C=O) groups is 1. The summed E-state index contributed by atoms with van der Waals surface area (Å²) >= 11 is 3.39. The SMILES string of the molecule is CCCCCCCCCCN(C)C(=O)c1ccc(Br)cc1. The average Bonchev–Trinajstić information content (AvgIpc) is 2.49. The van der Waals surface area contributed by atoms with Crippen LogP contribution in [-0.4, -0.2) is 24.4 Å². The van der Waals surface area contributed by atoms with E-state index in [0.29, 0.717) is 0 Å². The molecule has 0 spiro atoms. The second-order valence-corrected chi connectivity index (χ2v) is 6.62. The molecule has 0 saturated carbocycles. The van der Waals surface area contributed by atoms with Gasteiger partial charge in [-0.3, -0.25) is 4.79 Å². The monoisotopic (exact) mass is 353 g/mol. The van der Waals surface area contributed by atoms with Gasteiger partial charge in [0.25, 0.3) is 5.91 Å². The van der Waals surface area contributed by atoms with E-state index in [-0.39, 0.29) is 5.91 Å². The Labute approximate surface area is 138 Å². The number of benzene rings is 1. The zero-order valence-corrected chi connectivity index (χ0v) is 15.0. The molecule has 0 N–H and O–H groups in total. The van der Waals surface area contributed by atoms with Gasteiger partial charge >= 0.3 is 0 Å². The third-order valence-electron chi connectivity index (χ3n) is 3.78. The fourth-order valence-electron chi connectivity index (χ4n) is 2.40. The molecule has 118 valence electrons. The molecule has 0 aromatic heterocycles. The Morgan fingerprint density at radius 3 is 2.05 bits per heavy atom. The molecule has 0 aliphatic carbocycles. The van der Waals surface area contributed by atoms with Crippen LogP contribution in [0.3, 0.4) is 0 Å². The largest absolute Gasteiger partial charge is 0.342 e. The van der Waals surface area contributed by atoms with Gasteiger partial charge in [-0.2, -0.15) is 0 Å². The van der Waals surface area contributed by atoms with Crippen LogP contribution in [0.4, 0.5) is 0 Å². The molecule has 1 aromatic carbocycles. The number of rotatable bonds is 10. The summed E-state index contributed by atoms with van der Waals surface area (Å²) in [5.74, 6) is 0.116. The van der Waals surface area contributed by atoms with Crippen molar-refractivity contribution in [2.45, 2.75) is 58.3 Å². The van der Waals surface area contributed by atoms with E-state index in [1.54, 1.807) is 0 Å². The molecule has 0 aliphatic rings. The van der Waals surface area contributed by atoms with E-state index in [4.69, 9.17) is 0 Å². The first-order valence-corrected chi connectivity index (χ1v) is 8.95. The van der Waals surface area contributed by atoms with Crippen molar-refractivity contribution in [2.24, 2.45) is 0 Å². The van der Waals surface area contributed by atoms with Crippen LogP contribution >= 0.6 is 15.9 Å². The van der Waals surface area contributed by atoms with Gasteiger partial charge in [0.15, 0.2) is 0 Å². The highest BCUT2D eigenvalue weighted by atomic mass is 79.9. The quantitative estimate of drug-likeness (QED) is 0.496. The number of unbranched alkanes of at least 4 members (excludes halogenated alkanes) is 7. The molecule has 0 bridgehead atoms. The summed E-state index contributed by atoms with van der Waals surface area (Å²) < 4.78 is 1.00. The van der Waals surface area contributed by atoms with E-state index in [9.17, 15) is 4.79 Å². The Kier molecular flexibility index (Phi) is 9.40. The Hall–Kier alpha value is -0.830. The van der Waals surface area contributed by atoms with Gasteiger partial charge in [0, 0.05) is 23.6 Å². The third kappa shape index (κ3) is 7.66. The van der Waals surface area contributed by atoms with Crippen molar-refractivity contribution in [1.82, 2.24) is 4.90 Å². The van der Waals surface area contributed by atoms with Crippen molar-refractivity contribution in [2.75, 3.05) is 13.6 Å². The molecule has 0 aliphatic heterocycles. The summed E-state index contributed by atoms with van der Waals surface area (Å²) in [6.45, 7) is 3.10. The van der Waals surface area contributed by atoms with Crippen LogP contribution in [0.15, 0.2) is 28.7 Å². The molecule has 1 amide bonds. The molecule has 0 radical (unpaired) electrons. The first-order chi connectivity index (χ1) is 10.1. The topological polar surface area (TPSA) is 20.3 Å². The molecule has 21 heavy (non-hydrogen) atoms. The van der Waals surface area contributed by atoms with E-state index in [0.717, 1.165) is 23.0 Å². The van der Waals surface area contributed by atoms with Crippen LogP contribution in [0.2, 0.25) is 0 Å². The molecule has 3 heteroatoms. The van der Waals surface area contributed by atoms with Gasteiger partial charge in [-0.1, -0.05) is 67.8 Å². The first-order valence-electron chi connectivity index (χ1n) is 8.16. The lowest BCUT2D eigenvalue weighted by atomic mass is 10.1. The van der Waals surface area contributed by atoms with Crippen LogP contribution in [0.5, 0.6) is 0 Å². The minimum Gasteiger partial charge on any atom is -0.342 e. The van der Waals surface area contributed by atoms with Gasteiger partial charge in [0.05, 0.1) is 0 Å². The average molecular weight is 354 g/mol. The van der Waals surface area contributed by atoms with Gasteiger partial charge in [0.1, 0.15) is 0 Å². The van der Waals surface area contributed by atoms with Crippen molar-refractivity contribution >= 4 is 21.8 Å². The molecule has 0 saturated heterocycles. The van der Waals surface area contributed by atoms with Crippen LogP contribution in [0, 0.1) is 0 Å². The van der Waals surface area contributed by atoms with Crippen molar-refractivity contribution in [1.29, 1.82) is 0 Å². The fourth-order valence-corrected chi connectivity index (χ4v) is 2.66. The predicted octanol–water partition coefficient (Wildman–Crippen LogP) is 5.66. The van der Waals surface area contributed by atoms with E-state index in [2.05, 4.69) is 22.9 Å². The Morgan fingerprint density at radius 1 is 0.952 bits per heavy atom. The molecular formula is C18H28BrNO. The smallest absolute Gasteiger partial charge is 0.253 e. The van der Waals surface area contributed by atoms with Crippen molar-refractivity contribution in [3.05, 3.63) is 34.3 Å². The highest BCUT2D eigenvalue weighted by Crippen LogP contribution is 2.13. The molecule has 0 atom stereocenters. The van der Waals surface area contributed by atoms with Gasteiger partial charge in [-0.25, -0.2) is 0 Å². The molecule has 0 unspecified atom stereocenters. The zero-order chi connectivity index (χ0) is 15.5. The third-order valence-corrected chi connectivity index (χ3v) is 4.31. The normalized spacial score (nSPS) is 10.6. The summed E-state index contributed by atoms with van der Waals surface area (Å²) in [7, 11) is 1.89. The second-order valence-electron chi connectivity index (χ2n) is 5.71. The summed E-state index contributed by atoms with van der Waals surface area (Å²) in [6, 6.07) is 7.57. The summed E-state index contributed by atoms with van der Waals surface area (Å²) in [4.78, 5) is 14.0. The molecular weight excluding hydrogens is 326 g/mol. The fraction of sp³-hybridized carbons (Fsp3) is 0.611. The number of hydrogen-bond donors (Lipinski definition) is 0. The van der Waals surface area contributed by atoms with E-state index < -0.39 is 0 Å². The molecule has 1 rings (SSSR count). The van der Waals surface area contributed by atoms with Crippen molar-refractivity contribution in [3.8, 4) is 0 Å². The van der Waals surface area contributed by atoms with Crippen LogP contribution in [-0.2, 0) is 0 Å². The highest BCUT2D eigenvalue weighted by molar-refractivity contribution is 9.10. The number of carbonyl (C=O) groups excluding carboxylic acids is 1. The summed E-state index contributed by atoms with van der Waals surface area (Å²) in [5, 5.41) is 0. The molecule has 0 fully saturated rings. The lowest BCUT2D eigenvalue weighted by Gasteiger charge is -2.17. The lowest BCUT2D eigenvalue weighted by molar-refractivity contribution is 0.0792. The maximum Gasteiger partial charge on any atom is 0.253 e. The van der Waals surface area contributed by atoms with Crippen LogP contribution in [0.1, 0.15) is 68.6 Å². The number of amides is 1. The zero-order valence-electron chi connectivity index (χ0n) is 13.4. The minimum absolute atomic E-state index is 0.116. The Morgan fingerprint density at radius 2 is 1.48 bits per heavy atom. The number of nitrogens with zero attached hydrogens (tertiary/aromatic N) is 1. The maximum atomic E-state index is 12.2. The van der Waals surface area contributed by atoms with E-state index >= 15 is 0 Å². The van der Waals surface area contributed by atoms with Gasteiger partial charge in [-0.15, -0.1) is 0 Å². The van der Waals surface area contributed by atoms with Crippen molar-refractivity contribution < 1.29 is 4.79 Å². The number of hydrogen-bond acceptors (Lipinski definition) is 1. The highest BCUT2D eigenvalue weighted by Gasteiger charge is 2.10. The first kappa shape index (κ1) is 18.2. The van der Waals surface area contributed by atoms with Gasteiger partial charge in [0.2, 0.25) is 0 Å². The Balaban J connectivity index is 2.14. The van der Waals surface area contributed by atoms with Crippen LogP contribution in [0.25, 0.3) is 0 Å². The molecule has 2 nitrogen and oxygen atoms in total. The summed E-state index contributed by atoms with van der Waals surface area (Å²) in [5.41, 5.74) is 0.764. The minimum atomic E-state index is 0.116. The van der Waals surface area contributed by atoms with Crippen LogP contribution < -0.4 is 0 Å². The molecule has 1 aromatic rings. The summed E-state index contributed by atoms with van der Waals surface area (Å²) in [6.07, 6.45) is 10.4. The van der Waals surface area contributed by atoms with Crippen molar-refractivity contribution in [3.63, 3.8) is 0 Å². The van der Waals surface area contributed by atoms with E-state index in [1.165, 1.54) is 44.9 Å². The van der Waals surface area contributed by atoms with Gasteiger partial charge in [-0.05, 0) is 30.7 Å². The lowest BCUT2D eigenvalue weighted by Crippen LogP contribution is -2.27. The van der Waals surface area contributed by atoms with Gasteiger partial charge < -0.3 is 4.90 Å². The Bertz CT molecular complexity index is 402. The predicted molar refractivity (Wildman–Crippen MR) is 93.7 cm³/mol.